The number of hydrogen-bond acceptors (Lipinski definition) is 3. The summed E-state index contributed by atoms with van der Waals surface area (Å²) in [6.45, 7) is 6.85. The molecule has 0 saturated carbocycles. The Bertz CT molecular complexity index is 558. The minimum absolute atomic E-state index is 0.0631. The third-order valence-corrected chi connectivity index (χ3v) is 5.86. The van der Waals surface area contributed by atoms with Gasteiger partial charge in [0.2, 0.25) is 10.0 Å². The summed E-state index contributed by atoms with van der Waals surface area (Å²) in [4.78, 5) is 0.382. The van der Waals surface area contributed by atoms with Gasteiger partial charge in [-0.2, -0.15) is 4.31 Å². The second-order valence-electron chi connectivity index (χ2n) is 6.18. The van der Waals surface area contributed by atoms with Crippen LogP contribution in [0, 0.1) is 0 Å². The molecule has 1 aliphatic heterocycles. The number of ether oxygens (including phenoxy) is 1. The van der Waals surface area contributed by atoms with Crippen molar-refractivity contribution < 1.29 is 13.2 Å². The second kappa shape index (κ2) is 7.57. The number of morpholine rings is 1. The third-order valence-electron chi connectivity index (χ3n) is 4.02. The Morgan fingerprint density at radius 2 is 1.68 bits per heavy atom. The molecule has 0 unspecified atom stereocenters. The Labute approximate surface area is 134 Å². The van der Waals surface area contributed by atoms with E-state index < -0.39 is 10.0 Å². The number of nitrogens with zero attached hydrogens (tertiary/aromatic N) is 1. The lowest BCUT2D eigenvalue weighted by Crippen LogP contribution is -2.48. The third kappa shape index (κ3) is 4.31. The Hall–Kier alpha value is -0.910. The largest absolute Gasteiger partial charge is 0.373 e. The Morgan fingerprint density at radius 3 is 2.23 bits per heavy atom. The van der Waals surface area contributed by atoms with Crippen LogP contribution < -0.4 is 0 Å². The number of rotatable bonds is 6. The van der Waals surface area contributed by atoms with Gasteiger partial charge in [0, 0.05) is 13.1 Å². The van der Waals surface area contributed by atoms with Gasteiger partial charge in [-0.15, -0.1) is 0 Å². The first-order valence-electron chi connectivity index (χ1n) is 8.18. The summed E-state index contributed by atoms with van der Waals surface area (Å²) >= 11 is 0. The van der Waals surface area contributed by atoms with Crippen LogP contribution >= 0.6 is 0 Å². The average molecular weight is 325 g/mol. The van der Waals surface area contributed by atoms with Crippen LogP contribution in [0.2, 0.25) is 0 Å². The fourth-order valence-corrected chi connectivity index (χ4v) is 4.47. The van der Waals surface area contributed by atoms with Crippen molar-refractivity contribution in [2.45, 2.75) is 63.6 Å². The summed E-state index contributed by atoms with van der Waals surface area (Å²) in [6.07, 6.45) is 4.45. The first kappa shape index (κ1) is 17.4. The average Bonchev–Trinajstić information content (AvgIpc) is 2.47. The van der Waals surface area contributed by atoms with Crippen molar-refractivity contribution in [1.82, 2.24) is 4.31 Å². The molecule has 1 saturated heterocycles. The predicted octanol–water partition coefficient (Wildman–Crippen LogP) is 3.22. The predicted molar refractivity (Wildman–Crippen MR) is 88.4 cm³/mol. The first-order valence-corrected chi connectivity index (χ1v) is 9.62. The number of aryl methyl sites for hydroxylation is 1. The van der Waals surface area contributed by atoms with Gasteiger partial charge >= 0.3 is 0 Å². The van der Waals surface area contributed by atoms with Crippen molar-refractivity contribution in [3.63, 3.8) is 0 Å². The van der Waals surface area contributed by atoms with Crippen LogP contribution in [0.4, 0.5) is 0 Å². The fourth-order valence-electron chi connectivity index (χ4n) is 2.88. The number of hydrogen-bond donors (Lipinski definition) is 0. The van der Waals surface area contributed by atoms with Crippen molar-refractivity contribution in [2.24, 2.45) is 0 Å². The monoisotopic (exact) mass is 325 g/mol. The first-order chi connectivity index (χ1) is 10.4. The van der Waals surface area contributed by atoms with E-state index >= 15 is 0 Å². The van der Waals surface area contributed by atoms with Crippen LogP contribution in [0.5, 0.6) is 0 Å². The topological polar surface area (TPSA) is 46.6 Å². The molecule has 0 aliphatic carbocycles. The van der Waals surface area contributed by atoms with Gasteiger partial charge in [0.05, 0.1) is 17.1 Å². The van der Waals surface area contributed by atoms with Crippen LogP contribution in [-0.2, 0) is 21.2 Å². The Balaban J connectivity index is 2.09. The number of sulfonamides is 1. The molecule has 1 aromatic carbocycles. The maximum atomic E-state index is 12.7. The molecule has 22 heavy (non-hydrogen) atoms. The van der Waals surface area contributed by atoms with E-state index in [1.165, 1.54) is 22.7 Å². The highest BCUT2D eigenvalue weighted by molar-refractivity contribution is 7.89. The fraction of sp³-hybridized carbons (Fsp3) is 0.647. The summed E-state index contributed by atoms with van der Waals surface area (Å²) < 4.78 is 32.6. The zero-order chi connectivity index (χ0) is 16.2. The van der Waals surface area contributed by atoms with Crippen molar-refractivity contribution in [1.29, 1.82) is 0 Å². The van der Waals surface area contributed by atoms with Crippen LogP contribution in [0.15, 0.2) is 29.2 Å². The molecule has 1 heterocycles. The van der Waals surface area contributed by atoms with Crippen LogP contribution in [0.25, 0.3) is 0 Å². The Kier molecular flexibility index (Phi) is 6.01. The van der Waals surface area contributed by atoms with Gasteiger partial charge in [0.1, 0.15) is 0 Å². The SMILES string of the molecule is CCCCCc1ccc(S(=O)(=O)N2C[C@@H](C)O[C@@H](C)C2)cc1. The van der Waals surface area contributed by atoms with Gasteiger partial charge in [-0.3, -0.25) is 0 Å². The van der Waals surface area contributed by atoms with E-state index in [-0.39, 0.29) is 12.2 Å². The zero-order valence-electron chi connectivity index (χ0n) is 13.8. The van der Waals surface area contributed by atoms with Crippen LogP contribution in [0.1, 0.15) is 45.6 Å². The molecule has 2 rings (SSSR count). The smallest absolute Gasteiger partial charge is 0.243 e. The summed E-state index contributed by atoms with van der Waals surface area (Å²) in [6, 6.07) is 7.36. The second-order valence-corrected chi connectivity index (χ2v) is 8.12. The molecular weight excluding hydrogens is 298 g/mol. The minimum Gasteiger partial charge on any atom is -0.373 e. The molecule has 0 amide bonds. The van der Waals surface area contributed by atoms with E-state index in [9.17, 15) is 8.42 Å². The summed E-state index contributed by atoms with van der Waals surface area (Å²) in [5.74, 6) is 0. The molecule has 0 aromatic heterocycles. The number of benzene rings is 1. The highest BCUT2D eigenvalue weighted by Gasteiger charge is 2.32. The number of unbranched alkanes of at least 4 members (excludes halogenated alkanes) is 2. The summed E-state index contributed by atoms with van der Waals surface area (Å²) in [5, 5.41) is 0. The molecule has 0 radical (unpaired) electrons. The van der Waals surface area contributed by atoms with E-state index in [0.29, 0.717) is 18.0 Å². The summed E-state index contributed by atoms with van der Waals surface area (Å²) in [5.41, 5.74) is 1.20. The normalized spacial score (nSPS) is 23.6. The van der Waals surface area contributed by atoms with Crippen molar-refractivity contribution in [3.05, 3.63) is 29.8 Å². The highest BCUT2D eigenvalue weighted by Crippen LogP contribution is 2.21. The van der Waals surface area contributed by atoms with Gasteiger partial charge in [0.25, 0.3) is 0 Å². The van der Waals surface area contributed by atoms with Crippen LogP contribution in [0.3, 0.4) is 0 Å². The van der Waals surface area contributed by atoms with Crippen molar-refractivity contribution in [2.75, 3.05) is 13.1 Å². The molecule has 0 bridgehead atoms. The van der Waals surface area contributed by atoms with E-state index in [1.807, 2.05) is 26.0 Å². The van der Waals surface area contributed by atoms with E-state index in [1.54, 1.807) is 12.1 Å². The maximum absolute atomic E-state index is 12.7. The lowest BCUT2D eigenvalue weighted by atomic mass is 10.1. The molecule has 1 fully saturated rings. The van der Waals surface area contributed by atoms with Gasteiger partial charge in [-0.05, 0) is 44.4 Å². The van der Waals surface area contributed by atoms with E-state index in [4.69, 9.17) is 4.74 Å². The summed E-state index contributed by atoms with van der Waals surface area (Å²) in [7, 11) is -3.42. The molecule has 1 aliphatic rings. The molecule has 2 atom stereocenters. The van der Waals surface area contributed by atoms with Crippen molar-refractivity contribution >= 4 is 10.0 Å². The van der Waals surface area contributed by atoms with Gasteiger partial charge < -0.3 is 4.74 Å². The minimum atomic E-state index is -3.42. The lowest BCUT2D eigenvalue weighted by molar-refractivity contribution is -0.0440. The highest BCUT2D eigenvalue weighted by atomic mass is 32.2. The standard InChI is InChI=1S/C17H27NO3S/c1-4-5-6-7-16-8-10-17(11-9-16)22(19,20)18-12-14(2)21-15(3)13-18/h8-11,14-15H,4-7,12-13H2,1-3H3/t14-,15+. The van der Waals surface area contributed by atoms with Crippen LogP contribution in [-0.4, -0.2) is 38.0 Å². The molecule has 124 valence electrons. The van der Waals surface area contributed by atoms with Gasteiger partial charge in [-0.25, -0.2) is 8.42 Å². The quantitative estimate of drug-likeness (QED) is 0.755. The zero-order valence-corrected chi connectivity index (χ0v) is 14.6. The maximum Gasteiger partial charge on any atom is 0.243 e. The molecule has 0 N–H and O–H groups in total. The molecule has 5 heteroatoms. The van der Waals surface area contributed by atoms with E-state index in [2.05, 4.69) is 6.92 Å². The van der Waals surface area contributed by atoms with Gasteiger partial charge in [0.15, 0.2) is 0 Å². The Morgan fingerprint density at radius 1 is 1.09 bits per heavy atom. The molecule has 0 spiro atoms. The molecule has 1 aromatic rings. The van der Waals surface area contributed by atoms with E-state index in [0.717, 1.165) is 12.8 Å². The molecule has 4 nitrogen and oxygen atoms in total. The molecular formula is C17H27NO3S. The lowest BCUT2D eigenvalue weighted by Gasteiger charge is -2.34. The van der Waals surface area contributed by atoms with Gasteiger partial charge in [-0.1, -0.05) is 31.9 Å². The van der Waals surface area contributed by atoms with Crippen molar-refractivity contribution in [3.8, 4) is 0 Å².